The molecule has 250 valence electrons. The Kier molecular flexibility index (Phi) is 8.66. The molecule has 1 heteroatoms. The molecular weight excluding hydrogens is 639 g/mol. The Labute approximate surface area is 311 Å². The third kappa shape index (κ3) is 6.53. The molecule has 0 aliphatic heterocycles. The number of fused-ring (bicyclic) bond motifs is 1. The third-order valence-corrected chi connectivity index (χ3v) is 10.1. The van der Waals surface area contributed by atoms with Gasteiger partial charge in [0.05, 0.1) is 5.69 Å². The summed E-state index contributed by atoms with van der Waals surface area (Å²) >= 11 is 0. The van der Waals surface area contributed by atoms with Gasteiger partial charge in [-0.05, 0) is 97.2 Å². The molecule has 0 saturated carbocycles. The van der Waals surface area contributed by atoms with Crippen LogP contribution in [0.4, 0.5) is 17.1 Å². The first kappa shape index (κ1) is 32.0. The molecule has 0 heterocycles. The Bertz CT molecular complexity index is 2650. The summed E-state index contributed by atoms with van der Waals surface area (Å²) in [6, 6.07) is 80.9. The first-order valence-electron chi connectivity index (χ1n) is 18.2. The van der Waals surface area contributed by atoms with E-state index in [-0.39, 0.29) is 0 Å². The largest absolute Gasteiger partial charge is 0.310 e. The lowest BCUT2D eigenvalue weighted by molar-refractivity contribution is 1.28. The molecule has 0 unspecified atom stereocenters. The van der Waals surface area contributed by atoms with Gasteiger partial charge in [-0.2, -0.15) is 0 Å². The predicted molar refractivity (Wildman–Crippen MR) is 226 cm³/mol. The van der Waals surface area contributed by atoms with Gasteiger partial charge in [-0.25, -0.2) is 0 Å². The van der Waals surface area contributed by atoms with E-state index in [2.05, 4.69) is 229 Å². The number of hydrogen-bond acceptors (Lipinski definition) is 1. The summed E-state index contributed by atoms with van der Waals surface area (Å²) < 4.78 is 0. The standard InChI is InChI=1S/C52H37N/c1-3-15-38(16-4-1)40-31-33-41(34-32-40)44-22-13-26-48(37-44)53(47-25-12-21-43(36-47)39-17-5-2-6-18-39)52-30-10-9-28-51(52)46-24-11-23-45(35-46)50-29-14-20-42-19-7-8-27-49(42)50/h1-37H. The van der Waals surface area contributed by atoms with Gasteiger partial charge in [0.25, 0.3) is 0 Å². The van der Waals surface area contributed by atoms with Crippen molar-refractivity contribution in [2.24, 2.45) is 0 Å². The molecule has 1 nitrogen and oxygen atoms in total. The molecule has 0 saturated heterocycles. The van der Waals surface area contributed by atoms with Crippen LogP contribution in [0, 0.1) is 0 Å². The normalized spacial score (nSPS) is 11.0. The lowest BCUT2D eigenvalue weighted by Gasteiger charge is -2.29. The second-order valence-corrected chi connectivity index (χ2v) is 13.4. The van der Waals surface area contributed by atoms with Gasteiger partial charge in [-0.1, -0.05) is 188 Å². The first-order valence-corrected chi connectivity index (χ1v) is 18.2. The summed E-state index contributed by atoms with van der Waals surface area (Å²) in [4.78, 5) is 2.41. The Morgan fingerprint density at radius 3 is 1.34 bits per heavy atom. The van der Waals surface area contributed by atoms with Gasteiger partial charge in [0, 0.05) is 16.9 Å². The van der Waals surface area contributed by atoms with Crippen LogP contribution in [-0.4, -0.2) is 0 Å². The Morgan fingerprint density at radius 1 is 0.245 bits per heavy atom. The molecule has 0 amide bonds. The highest BCUT2D eigenvalue weighted by atomic mass is 15.1. The van der Waals surface area contributed by atoms with Crippen molar-refractivity contribution >= 4 is 27.8 Å². The van der Waals surface area contributed by atoms with Crippen LogP contribution in [0.5, 0.6) is 0 Å². The van der Waals surface area contributed by atoms with Crippen molar-refractivity contribution in [1.29, 1.82) is 0 Å². The predicted octanol–water partition coefficient (Wildman–Crippen LogP) is 14.6. The molecule has 0 atom stereocenters. The van der Waals surface area contributed by atoms with Gasteiger partial charge in [0.1, 0.15) is 0 Å². The SMILES string of the molecule is c1ccc(-c2ccc(-c3cccc(N(c4cccc(-c5ccccc5)c4)c4ccccc4-c4cccc(-c5cccc6ccccc56)c4)c3)cc2)cc1. The fraction of sp³-hybridized carbons (Fsp3) is 0. The zero-order valence-corrected chi connectivity index (χ0v) is 29.3. The van der Waals surface area contributed by atoms with Crippen molar-refractivity contribution in [3.63, 3.8) is 0 Å². The minimum Gasteiger partial charge on any atom is -0.310 e. The quantitative estimate of drug-likeness (QED) is 0.155. The number of benzene rings is 9. The Hall–Kier alpha value is -6.96. The molecule has 0 radical (unpaired) electrons. The Balaban J connectivity index is 1.18. The summed E-state index contributed by atoms with van der Waals surface area (Å²) in [6.45, 7) is 0. The molecular formula is C52H37N. The monoisotopic (exact) mass is 675 g/mol. The van der Waals surface area contributed by atoms with Crippen LogP contribution in [0.3, 0.4) is 0 Å². The minimum atomic E-state index is 1.09. The van der Waals surface area contributed by atoms with E-state index in [1.54, 1.807) is 0 Å². The number of nitrogens with zero attached hydrogens (tertiary/aromatic N) is 1. The lowest BCUT2D eigenvalue weighted by Crippen LogP contribution is -2.11. The molecule has 9 aromatic carbocycles. The molecule has 0 aromatic heterocycles. The fourth-order valence-electron chi connectivity index (χ4n) is 7.44. The summed E-state index contributed by atoms with van der Waals surface area (Å²) in [5.41, 5.74) is 15.2. The number of hydrogen-bond donors (Lipinski definition) is 0. The van der Waals surface area contributed by atoms with Crippen molar-refractivity contribution in [1.82, 2.24) is 0 Å². The molecule has 0 spiro atoms. The molecule has 9 aromatic rings. The highest BCUT2D eigenvalue weighted by Gasteiger charge is 2.19. The van der Waals surface area contributed by atoms with E-state index in [4.69, 9.17) is 0 Å². The van der Waals surface area contributed by atoms with Crippen LogP contribution in [-0.2, 0) is 0 Å². The Morgan fingerprint density at radius 2 is 0.660 bits per heavy atom. The van der Waals surface area contributed by atoms with Gasteiger partial charge >= 0.3 is 0 Å². The minimum absolute atomic E-state index is 1.09. The first-order chi connectivity index (χ1) is 26.3. The van der Waals surface area contributed by atoms with Crippen LogP contribution < -0.4 is 4.90 Å². The molecule has 0 bridgehead atoms. The topological polar surface area (TPSA) is 3.24 Å². The van der Waals surface area contributed by atoms with Crippen LogP contribution >= 0.6 is 0 Å². The van der Waals surface area contributed by atoms with Gasteiger partial charge in [0.2, 0.25) is 0 Å². The highest BCUT2D eigenvalue weighted by molar-refractivity contribution is 5.98. The van der Waals surface area contributed by atoms with Crippen LogP contribution in [0.1, 0.15) is 0 Å². The van der Waals surface area contributed by atoms with E-state index in [9.17, 15) is 0 Å². The van der Waals surface area contributed by atoms with Gasteiger partial charge in [0.15, 0.2) is 0 Å². The van der Waals surface area contributed by atoms with Crippen molar-refractivity contribution in [2.45, 2.75) is 0 Å². The van der Waals surface area contributed by atoms with E-state index >= 15 is 0 Å². The van der Waals surface area contributed by atoms with Gasteiger partial charge in [-0.15, -0.1) is 0 Å². The van der Waals surface area contributed by atoms with Crippen LogP contribution in [0.2, 0.25) is 0 Å². The van der Waals surface area contributed by atoms with Gasteiger partial charge < -0.3 is 4.90 Å². The number of rotatable bonds is 8. The molecule has 53 heavy (non-hydrogen) atoms. The van der Waals surface area contributed by atoms with Gasteiger partial charge in [-0.3, -0.25) is 0 Å². The summed E-state index contributed by atoms with van der Waals surface area (Å²) in [5, 5.41) is 2.50. The van der Waals surface area contributed by atoms with E-state index < -0.39 is 0 Å². The van der Waals surface area contributed by atoms with Crippen molar-refractivity contribution in [2.75, 3.05) is 4.90 Å². The second-order valence-electron chi connectivity index (χ2n) is 13.4. The summed E-state index contributed by atoms with van der Waals surface area (Å²) in [7, 11) is 0. The van der Waals surface area contributed by atoms with Crippen LogP contribution in [0.15, 0.2) is 224 Å². The average Bonchev–Trinajstić information content (AvgIpc) is 3.25. The van der Waals surface area contributed by atoms with E-state index in [1.807, 2.05) is 0 Å². The zero-order chi connectivity index (χ0) is 35.4. The smallest absolute Gasteiger partial charge is 0.0540 e. The lowest BCUT2D eigenvalue weighted by atomic mass is 9.94. The zero-order valence-electron chi connectivity index (χ0n) is 29.3. The van der Waals surface area contributed by atoms with E-state index in [0.717, 1.165) is 22.6 Å². The van der Waals surface area contributed by atoms with Crippen LogP contribution in [0.25, 0.3) is 66.4 Å². The molecule has 9 rings (SSSR count). The molecule has 0 fully saturated rings. The fourth-order valence-corrected chi connectivity index (χ4v) is 7.44. The summed E-state index contributed by atoms with van der Waals surface area (Å²) in [5.74, 6) is 0. The third-order valence-electron chi connectivity index (χ3n) is 10.1. The van der Waals surface area contributed by atoms with Crippen molar-refractivity contribution in [3.05, 3.63) is 224 Å². The van der Waals surface area contributed by atoms with E-state index in [1.165, 1.54) is 60.8 Å². The molecule has 0 aliphatic rings. The molecule has 0 N–H and O–H groups in total. The number of anilines is 3. The van der Waals surface area contributed by atoms with E-state index in [0.29, 0.717) is 0 Å². The number of para-hydroxylation sites is 1. The maximum Gasteiger partial charge on any atom is 0.0540 e. The molecule has 0 aliphatic carbocycles. The maximum absolute atomic E-state index is 2.41. The van der Waals surface area contributed by atoms with Crippen molar-refractivity contribution < 1.29 is 0 Å². The summed E-state index contributed by atoms with van der Waals surface area (Å²) in [6.07, 6.45) is 0. The highest BCUT2D eigenvalue weighted by Crippen LogP contribution is 2.43. The second kappa shape index (κ2) is 14.3. The van der Waals surface area contributed by atoms with Crippen molar-refractivity contribution in [3.8, 4) is 55.6 Å². The average molecular weight is 676 g/mol. The maximum atomic E-state index is 2.41.